The number of fused-ring (bicyclic) bond motifs is 1. The van der Waals surface area contributed by atoms with Crippen LogP contribution in [0, 0.1) is 52.3 Å². The molecular formula is C27H43NO2. The highest BCUT2D eigenvalue weighted by Crippen LogP contribution is 2.62. The Bertz CT molecular complexity index is 658. The van der Waals surface area contributed by atoms with Gasteiger partial charge < -0.3 is 5.11 Å². The molecule has 1 N–H and O–H groups in total. The van der Waals surface area contributed by atoms with Crippen LogP contribution in [-0.4, -0.2) is 11.1 Å². The molecule has 0 bridgehead atoms. The van der Waals surface area contributed by atoms with Gasteiger partial charge in [-0.2, -0.15) is 5.26 Å². The largest absolute Gasteiger partial charge is 0.481 e. The van der Waals surface area contributed by atoms with Gasteiger partial charge >= 0.3 is 5.97 Å². The Morgan fingerprint density at radius 1 is 1.27 bits per heavy atom. The SMILES string of the molecule is C=C(CC/C=C\C#N)[C@H]1CC[C@]2(C)[C@@H](C(C)CCCC(C)C)CC[C@H]2[C@@H]1CC(=O)O. The van der Waals surface area contributed by atoms with Crippen molar-refractivity contribution >= 4 is 5.97 Å². The van der Waals surface area contributed by atoms with Crippen LogP contribution in [0.5, 0.6) is 0 Å². The lowest BCUT2D eigenvalue weighted by atomic mass is 9.54. The number of carboxylic acids is 1. The molecule has 0 heterocycles. The molecule has 0 radical (unpaired) electrons. The molecule has 0 aromatic carbocycles. The molecule has 0 aromatic rings. The maximum Gasteiger partial charge on any atom is 0.303 e. The fourth-order valence-corrected chi connectivity index (χ4v) is 6.90. The second-order valence-corrected chi connectivity index (χ2v) is 10.7. The van der Waals surface area contributed by atoms with Gasteiger partial charge in [0.1, 0.15) is 0 Å². The zero-order valence-corrected chi connectivity index (χ0v) is 19.7. The first-order chi connectivity index (χ1) is 14.2. The first-order valence-corrected chi connectivity index (χ1v) is 12.1. The third kappa shape index (κ3) is 5.99. The summed E-state index contributed by atoms with van der Waals surface area (Å²) in [7, 11) is 0. The fraction of sp³-hybridized carbons (Fsp3) is 0.778. The van der Waals surface area contributed by atoms with E-state index in [1.54, 1.807) is 0 Å². The third-order valence-corrected chi connectivity index (χ3v) is 8.40. The van der Waals surface area contributed by atoms with E-state index in [4.69, 9.17) is 5.26 Å². The molecule has 2 rings (SSSR count). The smallest absolute Gasteiger partial charge is 0.303 e. The molecule has 0 spiro atoms. The van der Waals surface area contributed by atoms with Gasteiger partial charge in [-0.25, -0.2) is 0 Å². The third-order valence-electron chi connectivity index (χ3n) is 8.40. The van der Waals surface area contributed by atoms with E-state index < -0.39 is 5.97 Å². The predicted octanol–water partition coefficient (Wildman–Crippen LogP) is 7.40. The van der Waals surface area contributed by atoms with Crippen LogP contribution in [0.15, 0.2) is 24.3 Å². The number of rotatable bonds is 11. The predicted molar refractivity (Wildman–Crippen MR) is 124 cm³/mol. The summed E-state index contributed by atoms with van der Waals surface area (Å²) in [5.74, 6) is 2.56. The van der Waals surface area contributed by atoms with Crippen molar-refractivity contribution in [1.29, 1.82) is 5.26 Å². The molecule has 2 fully saturated rings. The molecule has 0 amide bonds. The molecule has 3 nitrogen and oxygen atoms in total. The van der Waals surface area contributed by atoms with Gasteiger partial charge in [-0.3, -0.25) is 4.79 Å². The molecule has 2 aliphatic rings. The lowest BCUT2D eigenvalue weighted by molar-refractivity contribution is -0.140. The Balaban J connectivity index is 2.11. The Labute approximate surface area is 184 Å². The monoisotopic (exact) mass is 413 g/mol. The number of nitrogens with zero attached hydrogens (tertiary/aromatic N) is 1. The van der Waals surface area contributed by atoms with Crippen molar-refractivity contribution in [2.24, 2.45) is 40.9 Å². The van der Waals surface area contributed by atoms with Crippen LogP contribution in [-0.2, 0) is 4.79 Å². The van der Waals surface area contributed by atoms with Gasteiger partial charge in [-0.05, 0) is 79.4 Å². The number of aliphatic carboxylic acids is 1. The number of carboxylic acid groups (broad SMARTS) is 1. The van der Waals surface area contributed by atoms with Gasteiger partial charge in [0.25, 0.3) is 0 Å². The average molecular weight is 414 g/mol. The lowest BCUT2D eigenvalue weighted by Crippen LogP contribution is -2.44. The standard InChI is InChI=1S/C27H43NO2/c1-19(2)10-9-12-21(4)24-13-14-25-23(18-26(29)30)22(15-16-27(24,25)5)20(3)11-7-6-8-17-28/h6,8,19,21-25H,3,7,9-16,18H2,1-2,4-5H3,(H,29,30)/b8-6-/t21?,22-,23-,24-,25+,27-/m1/s1. The quantitative estimate of drug-likeness (QED) is 0.283. The molecule has 168 valence electrons. The zero-order valence-electron chi connectivity index (χ0n) is 19.7. The highest BCUT2D eigenvalue weighted by Gasteiger charge is 2.55. The highest BCUT2D eigenvalue weighted by atomic mass is 16.4. The molecule has 0 aromatic heterocycles. The summed E-state index contributed by atoms with van der Waals surface area (Å²) >= 11 is 0. The summed E-state index contributed by atoms with van der Waals surface area (Å²) in [5.41, 5.74) is 1.47. The lowest BCUT2D eigenvalue weighted by Gasteiger charge is -2.50. The number of carbonyl (C=O) groups is 1. The molecule has 3 heteroatoms. The van der Waals surface area contributed by atoms with E-state index in [0.717, 1.165) is 37.0 Å². The molecule has 2 aliphatic carbocycles. The summed E-state index contributed by atoms with van der Waals surface area (Å²) < 4.78 is 0. The molecular weight excluding hydrogens is 370 g/mol. The van der Waals surface area contributed by atoms with Crippen molar-refractivity contribution in [2.75, 3.05) is 0 Å². The molecule has 1 unspecified atom stereocenters. The Hall–Kier alpha value is -1.56. The maximum atomic E-state index is 11.8. The minimum Gasteiger partial charge on any atom is -0.481 e. The number of hydrogen-bond acceptors (Lipinski definition) is 2. The van der Waals surface area contributed by atoms with Crippen LogP contribution in [0.2, 0.25) is 0 Å². The minimum atomic E-state index is -0.667. The van der Waals surface area contributed by atoms with E-state index in [0.29, 0.717) is 11.8 Å². The molecule has 30 heavy (non-hydrogen) atoms. The minimum absolute atomic E-state index is 0.210. The maximum absolute atomic E-state index is 11.8. The highest BCUT2D eigenvalue weighted by molar-refractivity contribution is 5.67. The Morgan fingerprint density at radius 2 is 2.00 bits per heavy atom. The summed E-state index contributed by atoms with van der Waals surface area (Å²) in [6.45, 7) is 13.9. The topological polar surface area (TPSA) is 61.1 Å². The van der Waals surface area contributed by atoms with E-state index in [1.165, 1.54) is 50.2 Å². The van der Waals surface area contributed by atoms with Gasteiger partial charge in [-0.1, -0.05) is 65.2 Å². The number of hydrogen-bond donors (Lipinski definition) is 1. The summed E-state index contributed by atoms with van der Waals surface area (Å²) in [6, 6.07) is 2.04. The van der Waals surface area contributed by atoms with Crippen molar-refractivity contribution in [3.8, 4) is 6.07 Å². The van der Waals surface area contributed by atoms with E-state index in [2.05, 4.69) is 34.3 Å². The van der Waals surface area contributed by atoms with Crippen molar-refractivity contribution in [2.45, 2.75) is 91.9 Å². The van der Waals surface area contributed by atoms with Crippen LogP contribution < -0.4 is 0 Å². The first kappa shape index (κ1) is 24.7. The van der Waals surface area contributed by atoms with Crippen LogP contribution in [0.25, 0.3) is 0 Å². The number of nitriles is 1. The normalized spacial score (nSPS) is 32.1. The second kappa shape index (κ2) is 11.2. The van der Waals surface area contributed by atoms with Gasteiger partial charge in [0.15, 0.2) is 0 Å². The molecule has 0 aliphatic heterocycles. The van der Waals surface area contributed by atoms with Crippen molar-refractivity contribution < 1.29 is 9.90 Å². The van der Waals surface area contributed by atoms with Crippen LogP contribution in [0.3, 0.4) is 0 Å². The molecule has 2 saturated carbocycles. The van der Waals surface area contributed by atoms with Crippen molar-refractivity contribution in [1.82, 2.24) is 0 Å². The zero-order chi connectivity index (χ0) is 22.3. The van der Waals surface area contributed by atoms with Crippen molar-refractivity contribution in [3.63, 3.8) is 0 Å². The Kier molecular flexibility index (Phi) is 9.20. The first-order valence-electron chi connectivity index (χ1n) is 12.1. The second-order valence-electron chi connectivity index (χ2n) is 10.7. The summed E-state index contributed by atoms with van der Waals surface area (Å²) in [4.78, 5) is 11.8. The van der Waals surface area contributed by atoms with E-state index in [-0.39, 0.29) is 17.8 Å². The fourth-order valence-electron chi connectivity index (χ4n) is 6.90. The average Bonchev–Trinajstić information content (AvgIpc) is 3.02. The van der Waals surface area contributed by atoms with Gasteiger partial charge in [0, 0.05) is 12.5 Å². The summed E-state index contributed by atoms with van der Waals surface area (Å²) in [6.07, 6.45) is 14.0. The van der Waals surface area contributed by atoms with Gasteiger partial charge in [0.2, 0.25) is 0 Å². The molecule has 0 saturated heterocycles. The molecule has 6 atom stereocenters. The number of allylic oxidation sites excluding steroid dienone is 3. The summed E-state index contributed by atoms with van der Waals surface area (Å²) in [5, 5.41) is 18.4. The van der Waals surface area contributed by atoms with E-state index in [9.17, 15) is 9.90 Å². The Morgan fingerprint density at radius 3 is 2.63 bits per heavy atom. The van der Waals surface area contributed by atoms with Crippen LogP contribution in [0.1, 0.15) is 91.9 Å². The van der Waals surface area contributed by atoms with Crippen LogP contribution >= 0.6 is 0 Å². The van der Waals surface area contributed by atoms with Gasteiger partial charge in [-0.15, -0.1) is 0 Å². The van der Waals surface area contributed by atoms with Crippen molar-refractivity contribution in [3.05, 3.63) is 24.3 Å². The van der Waals surface area contributed by atoms with E-state index in [1.807, 2.05) is 12.1 Å². The van der Waals surface area contributed by atoms with Crippen LogP contribution in [0.4, 0.5) is 0 Å². The van der Waals surface area contributed by atoms with Gasteiger partial charge in [0.05, 0.1) is 6.07 Å². The van der Waals surface area contributed by atoms with E-state index >= 15 is 0 Å².